The Hall–Kier alpha value is -3.80. The van der Waals surface area contributed by atoms with Gasteiger partial charge >= 0.3 is 11.9 Å². The van der Waals surface area contributed by atoms with Crippen molar-refractivity contribution in [1.82, 2.24) is 39.6 Å². The number of rotatable bonds is 5. The second kappa shape index (κ2) is 16.7. The maximum absolute atomic E-state index is 12.7. The fraction of sp³-hybridized carbons (Fsp3) is 0.619. The van der Waals surface area contributed by atoms with Crippen LogP contribution in [-0.2, 0) is 14.3 Å². The van der Waals surface area contributed by atoms with E-state index >= 15 is 0 Å². The van der Waals surface area contributed by atoms with Gasteiger partial charge < -0.3 is 24.8 Å². The van der Waals surface area contributed by atoms with Crippen molar-refractivity contribution in [3.05, 3.63) is 59.9 Å². The lowest BCUT2D eigenvalue weighted by Crippen LogP contribution is -2.45. The summed E-state index contributed by atoms with van der Waals surface area (Å²) in [6, 6.07) is 14.5. The van der Waals surface area contributed by atoms with E-state index in [4.69, 9.17) is 14.9 Å². The van der Waals surface area contributed by atoms with Crippen LogP contribution in [0.4, 0.5) is 0 Å². The highest BCUT2D eigenvalue weighted by Gasteiger charge is 2.35. The van der Waals surface area contributed by atoms with E-state index in [2.05, 4.69) is 95.1 Å². The Kier molecular flexibility index (Phi) is 11.8. The Bertz CT molecular complexity index is 1830. The van der Waals surface area contributed by atoms with Gasteiger partial charge in [0.05, 0.1) is 35.8 Å². The van der Waals surface area contributed by atoms with Gasteiger partial charge in [0.1, 0.15) is 0 Å². The predicted octanol–water partition coefficient (Wildman–Crippen LogP) is 6.53. The van der Waals surface area contributed by atoms with Gasteiger partial charge in [-0.2, -0.15) is 10.2 Å². The molecule has 11 heteroatoms. The van der Waals surface area contributed by atoms with E-state index in [0.717, 1.165) is 73.2 Å². The van der Waals surface area contributed by atoms with Crippen molar-refractivity contribution in [3.8, 4) is 0 Å². The maximum Gasteiger partial charge on any atom is 0.397 e. The molecule has 4 aliphatic heterocycles. The summed E-state index contributed by atoms with van der Waals surface area (Å²) in [6.45, 7) is 12.6. The van der Waals surface area contributed by atoms with Gasteiger partial charge in [-0.25, -0.2) is 4.79 Å². The third kappa shape index (κ3) is 8.79. The van der Waals surface area contributed by atoms with Crippen LogP contribution in [0.2, 0.25) is 0 Å². The Balaban J connectivity index is 0.000000170. The second-order valence-electron chi connectivity index (χ2n) is 16.4. The first-order chi connectivity index (χ1) is 25.6. The molecule has 8 rings (SSSR count). The van der Waals surface area contributed by atoms with Gasteiger partial charge in [0, 0.05) is 35.8 Å². The van der Waals surface area contributed by atoms with Crippen LogP contribution < -0.4 is 5.32 Å². The standard InChI is InChI=1S/C23H32N4O3.C19H28N4/c1-4-30-23(29)22(28)26-14-16(2)5-8-21(26)17-6-7-20-18(13-17)15-27(24-20)19-9-11-25(3)12-10-19;1-14-3-5-18(20-12-14)15-4-6-19-16(11-15)13-23(21-19)17-7-9-22(2)10-8-17/h6-7,13,15-16,19,21H,4-5,8-12,14H2,1-3H3;4,6,11,13-14,17-18,20H,3,5,7-10,12H2,1-2H3/t16-,21+;14-,18+/m00/s1. The van der Waals surface area contributed by atoms with Crippen LogP contribution in [0.25, 0.3) is 21.8 Å². The van der Waals surface area contributed by atoms with E-state index in [-0.39, 0.29) is 12.6 Å². The van der Waals surface area contributed by atoms with E-state index in [9.17, 15) is 9.59 Å². The Morgan fingerprint density at radius 1 is 0.736 bits per heavy atom. The first-order valence-electron chi connectivity index (χ1n) is 20.2. The molecular formula is C42H60N8O3. The van der Waals surface area contributed by atoms with Gasteiger partial charge in [0.2, 0.25) is 0 Å². The van der Waals surface area contributed by atoms with E-state index in [1.807, 2.05) is 6.07 Å². The fourth-order valence-corrected chi connectivity index (χ4v) is 8.76. The van der Waals surface area contributed by atoms with E-state index in [0.29, 0.717) is 30.6 Å². The Morgan fingerprint density at radius 2 is 1.28 bits per heavy atom. The zero-order valence-electron chi connectivity index (χ0n) is 32.5. The van der Waals surface area contributed by atoms with Gasteiger partial charge in [-0.3, -0.25) is 14.2 Å². The largest absolute Gasteiger partial charge is 0.459 e. The van der Waals surface area contributed by atoms with Crippen molar-refractivity contribution in [2.75, 3.05) is 60.0 Å². The molecule has 0 unspecified atom stereocenters. The Labute approximate surface area is 315 Å². The van der Waals surface area contributed by atoms with Crippen LogP contribution in [0.1, 0.15) is 107 Å². The number of carbonyl (C=O) groups excluding carboxylic acids is 2. The lowest BCUT2D eigenvalue weighted by Gasteiger charge is -2.38. The van der Waals surface area contributed by atoms with Gasteiger partial charge in [-0.05, 0) is 152 Å². The molecule has 0 saturated carbocycles. The second-order valence-corrected chi connectivity index (χ2v) is 16.4. The van der Waals surface area contributed by atoms with Crippen molar-refractivity contribution in [3.63, 3.8) is 0 Å². The van der Waals surface area contributed by atoms with E-state index in [1.165, 1.54) is 49.7 Å². The topological polar surface area (TPSA) is 101 Å². The summed E-state index contributed by atoms with van der Waals surface area (Å²) in [7, 11) is 4.37. The molecule has 4 fully saturated rings. The SMILES string of the molecule is CCOC(=O)C(=O)N1C[C@@H](C)CC[C@@H]1c1ccc2nn(C3CCN(C)CC3)cc2c1.C[C@H]1CC[C@H](c2ccc3nn(C4CCN(C)CC4)cc3c2)NC1. The van der Waals surface area contributed by atoms with Gasteiger partial charge in [-0.1, -0.05) is 26.0 Å². The molecule has 2 aromatic heterocycles. The van der Waals surface area contributed by atoms with E-state index < -0.39 is 11.9 Å². The molecule has 0 aliphatic carbocycles. The molecule has 4 aliphatic rings. The van der Waals surface area contributed by atoms with Gasteiger partial charge in [-0.15, -0.1) is 0 Å². The molecule has 0 spiro atoms. The zero-order chi connectivity index (χ0) is 37.1. The first kappa shape index (κ1) is 37.5. The average Bonchev–Trinajstić information content (AvgIpc) is 3.80. The highest BCUT2D eigenvalue weighted by atomic mass is 16.5. The van der Waals surface area contributed by atoms with Crippen molar-refractivity contribution in [2.45, 2.75) is 96.3 Å². The number of esters is 1. The van der Waals surface area contributed by atoms with Crippen molar-refractivity contribution >= 4 is 33.7 Å². The van der Waals surface area contributed by atoms with Crippen LogP contribution in [0.3, 0.4) is 0 Å². The smallest absolute Gasteiger partial charge is 0.397 e. The summed E-state index contributed by atoms with van der Waals surface area (Å²) in [4.78, 5) is 31.3. The molecule has 0 radical (unpaired) electrons. The summed E-state index contributed by atoms with van der Waals surface area (Å²) in [5, 5.41) is 15.7. The number of hydrogen-bond donors (Lipinski definition) is 1. The number of hydrogen-bond acceptors (Lipinski definition) is 8. The van der Waals surface area contributed by atoms with Crippen LogP contribution in [-0.4, -0.2) is 106 Å². The molecular weight excluding hydrogens is 665 g/mol. The number of aromatic nitrogens is 4. The summed E-state index contributed by atoms with van der Waals surface area (Å²) in [6.07, 6.45) is 13.5. The van der Waals surface area contributed by atoms with Gasteiger partial charge in [0.15, 0.2) is 0 Å². The molecule has 11 nitrogen and oxygen atoms in total. The summed E-state index contributed by atoms with van der Waals surface area (Å²) in [5.41, 5.74) is 4.60. The molecule has 4 atom stereocenters. The number of likely N-dealkylation sites (tertiary alicyclic amines) is 3. The molecule has 2 aromatic carbocycles. The molecule has 4 saturated heterocycles. The monoisotopic (exact) mass is 724 g/mol. The minimum Gasteiger partial charge on any atom is -0.459 e. The van der Waals surface area contributed by atoms with Crippen molar-refractivity contribution < 1.29 is 14.3 Å². The maximum atomic E-state index is 12.7. The molecule has 286 valence electrons. The summed E-state index contributed by atoms with van der Waals surface area (Å²) in [5.74, 6) is -0.110. The van der Waals surface area contributed by atoms with Crippen molar-refractivity contribution in [1.29, 1.82) is 0 Å². The quantitative estimate of drug-likeness (QED) is 0.183. The highest BCUT2D eigenvalue weighted by molar-refractivity contribution is 6.32. The number of amides is 1. The predicted molar refractivity (Wildman–Crippen MR) is 210 cm³/mol. The van der Waals surface area contributed by atoms with Gasteiger partial charge in [0.25, 0.3) is 0 Å². The third-order valence-corrected chi connectivity index (χ3v) is 12.2. The molecule has 0 bridgehead atoms. The number of piperidine rings is 4. The van der Waals surface area contributed by atoms with Crippen molar-refractivity contribution in [2.24, 2.45) is 11.8 Å². The van der Waals surface area contributed by atoms with Crippen LogP contribution >= 0.6 is 0 Å². The zero-order valence-corrected chi connectivity index (χ0v) is 32.5. The van der Waals surface area contributed by atoms with Crippen LogP contribution in [0.15, 0.2) is 48.8 Å². The molecule has 1 amide bonds. The summed E-state index contributed by atoms with van der Waals surface area (Å²) >= 11 is 0. The lowest BCUT2D eigenvalue weighted by molar-refractivity contribution is -0.162. The van der Waals surface area contributed by atoms with Crippen LogP contribution in [0.5, 0.6) is 0 Å². The number of benzene rings is 2. The number of carbonyl (C=O) groups is 2. The molecule has 6 heterocycles. The molecule has 1 N–H and O–H groups in total. The minimum absolute atomic E-state index is 0.103. The normalized spacial score (nSPS) is 25.3. The summed E-state index contributed by atoms with van der Waals surface area (Å²) < 4.78 is 9.31. The van der Waals surface area contributed by atoms with E-state index in [1.54, 1.807) is 11.8 Å². The lowest BCUT2D eigenvalue weighted by atomic mass is 9.89. The average molecular weight is 725 g/mol. The number of ether oxygens (including phenoxy) is 1. The number of nitrogens with one attached hydrogen (secondary N) is 1. The van der Waals surface area contributed by atoms with Crippen LogP contribution in [0, 0.1) is 11.8 Å². The minimum atomic E-state index is -0.757. The molecule has 53 heavy (non-hydrogen) atoms. The number of fused-ring (bicyclic) bond motifs is 2. The molecule has 4 aromatic rings. The third-order valence-electron chi connectivity index (χ3n) is 12.2. The number of nitrogens with zero attached hydrogens (tertiary/aromatic N) is 7. The fourth-order valence-electron chi connectivity index (χ4n) is 8.76. The highest BCUT2D eigenvalue weighted by Crippen LogP contribution is 2.35. The Morgan fingerprint density at radius 3 is 1.83 bits per heavy atom. The first-order valence-corrected chi connectivity index (χ1v) is 20.2.